The molecule has 1 amide bonds. The van der Waals surface area contributed by atoms with Crippen molar-refractivity contribution in [2.45, 2.75) is 45.3 Å². The molecule has 1 saturated heterocycles. The number of nitrogens with one attached hydrogen (secondary N) is 1. The summed E-state index contributed by atoms with van der Waals surface area (Å²) >= 11 is 2.10. The number of nitro benzene ring substituents is 1. The quantitative estimate of drug-likeness (QED) is 0.392. The Morgan fingerprint density at radius 1 is 1.46 bits per heavy atom. The third-order valence-corrected chi connectivity index (χ3v) is 5.40. The molecule has 0 aliphatic carbocycles. The van der Waals surface area contributed by atoms with Crippen molar-refractivity contribution in [3.63, 3.8) is 0 Å². The summed E-state index contributed by atoms with van der Waals surface area (Å²) in [5, 5.41) is 19.7. The number of aryl methyl sites for hydroxylation is 1. The molecule has 2 heterocycles. The number of alkyl carbamates (subject to hydrolysis) is 1. The Bertz CT molecular complexity index is 921. The third kappa shape index (κ3) is 4.31. The van der Waals surface area contributed by atoms with E-state index in [1.54, 1.807) is 16.9 Å². The number of amides is 1. The van der Waals surface area contributed by atoms with Crippen LogP contribution in [-0.4, -0.2) is 45.5 Å². The van der Waals surface area contributed by atoms with E-state index in [1.165, 1.54) is 0 Å². The maximum absolute atomic E-state index is 12.1. The summed E-state index contributed by atoms with van der Waals surface area (Å²) in [6, 6.07) is 1.44. The van der Waals surface area contributed by atoms with Crippen LogP contribution in [0.25, 0.3) is 10.9 Å². The number of nitro groups is 1. The van der Waals surface area contributed by atoms with Gasteiger partial charge in [-0.2, -0.15) is 5.10 Å². The lowest BCUT2D eigenvalue weighted by molar-refractivity contribution is -0.384. The molecular formula is C18H24IN5O4. The molecule has 1 aliphatic rings. The van der Waals surface area contributed by atoms with Gasteiger partial charge in [-0.3, -0.25) is 14.8 Å². The van der Waals surface area contributed by atoms with E-state index in [2.05, 4.69) is 33.0 Å². The molecule has 1 aliphatic heterocycles. The summed E-state index contributed by atoms with van der Waals surface area (Å²) in [4.78, 5) is 25.5. The first-order valence-electron chi connectivity index (χ1n) is 9.10. The van der Waals surface area contributed by atoms with Crippen LogP contribution in [0.15, 0.2) is 12.3 Å². The van der Waals surface area contributed by atoms with Gasteiger partial charge in [0, 0.05) is 35.8 Å². The average molecular weight is 501 g/mol. The van der Waals surface area contributed by atoms with E-state index in [9.17, 15) is 14.9 Å². The first-order chi connectivity index (χ1) is 13.1. The minimum Gasteiger partial charge on any atom is -0.444 e. The van der Waals surface area contributed by atoms with Gasteiger partial charge in [-0.05, 0) is 56.2 Å². The van der Waals surface area contributed by atoms with Gasteiger partial charge in [-0.15, -0.1) is 0 Å². The van der Waals surface area contributed by atoms with E-state index in [4.69, 9.17) is 4.74 Å². The molecule has 0 saturated carbocycles. The topological polar surface area (TPSA) is 103 Å². The summed E-state index contributed by atoms with van der Waals surface area (Å²) in [5.74, 6) is 0. The highest BCUT2D eigenvalue weighted by Gasteiger charge is 2.31. The number of hydrogen-bond donors (Lipinski definition) is 1. The van der Waals surface area contributed by atoms with Crippen molar-refractivity contribution < 1.29 is 14.5 Å². The van der Waals surface area contributed by atoms with E-state index in [0.29, 0.717) is 18.8 Å². The van der Waals surface area contributed by atoms with Gasteiger partial charge in [-0.25, -0.2) is 4.79 Å². The number of rotatable bonds is 3. The zero-order chi connectivity index (χ0) is 20.6. The van der Waals surface area contributed by atoms with E-state index < -0.39 is 11.7 Å². The highest BCUT2D eigenvalue weighted by molar-refractivity contribution is 14.1. The normalized spacial score (nSPS) is 17.6. The van der Waals surface area contributed by atoms with Gasteiger partial charge in [0.05, 0.1) is 22.0 Å². The van der Waals surface area contributed by atoms with E-state index in [1.807, 2.05) is 32.7 Å². The highest BCUT2D eigenvalue weighted by atomic mass is 127. The van der Waals surface area contributed by atoms with Crippen molar-refractivity contribution in [2.75, 3.05) is 18.0 Å². The van der Waals surface area contributed by atoms with Gasteiger partial charge >= 0.3 is 6.09 Å². The van der Waals surface area contributed by atoms with Gasteiger partial charge in [-0.1, -0.05) is 0 Å². The van der Waals surface area contributed by atoms with Crippen LogP contribution in [0.1, 0.15) is 33.6 Å². The Hall–Kier alpha value is -2.11. The highest BCUT2D eigenvalue weighted by Crippen LogP contribution is 2.39. The number of benzene rings is 1. The summed E-state index contributed by atoms with van der Waals surface area (Å²) in [6.07, 6.45) is 2.81. The number of halogens is 1. The predicted molar refractivity (Wildman–Crippen MR) is 115 cm³/mol. The molecule has 9 nitrogen and oxygen atoms in total. The molecule has 1 N–H and O–H groups in total. The largest absolute Gasteiger partial charge is 0.444 e. The molecule has 10 heteroatoms. The number of nitrogens with zero attached hydrogens (tertiary/aromatic N) is 4. The molecule has 2 aromatic rings. The molecule has 0 bridgehead atoms. The van der Waals surface area contributed by atoms with E-state index in [0.717, 1.165) is 27.3 Å². The Labute approximate surface area is 176 Å². The molecule has 1 atom stereocenters. The van der Waals surface area contributed by atoms with Crippen molar-refractivity contribution in [2.24, 2.45) is 7.05 Å². The molecule has 1 aromatic heterocycles. The molecule has 1 aromatic carbocycles. The second-order valence-corrected chi connectivity index (χ2v) is 9.11. The van der Waals surface area contributed by atoms with Crippen molar-refractivity contribution in [3.8, 4) is 0 Å². The fourth-order valence-corrected chi connectivity index (χ4v) is 4.47. The standard InChI is InChI=1S/C18H24IN5O4/c1-18(2,3)28-17(25)21-11-6-5-7-23(10-11)16-12-9-20-22(4)15(12)13(19)8-14(16)24(26)27/h8-9,11H,5-7,10H2,1-4H3,(H,21,25). The molecular weight excluding hydrogens is 477 g/mol. The first kappa shape index (κ1) is 20.6. The molecule has 1 unspecified atom stereocenters. The van der Waals surface area contributed by atoms with Crippen LogP contribution in [0.2, 0.25) is 0 Å². The zero-order valence-corrected chi connectivity index (χ0v) is 18.5. The van der Waals surface area contributed by atoms with Gasteiger partial charge in [0.15, 0.2) is 0 Å². The number of aromatic nitrogens is 2. The molecule has 0 spiro atoms. The number of piperidine rings is 1. The first-order valence-corrected chi connectivity index (χ1v) is 10.2. The van der Waals surface area contributed by atoms with Gasteiger partial charge < -0.3 is 15.0 Å². The van der Waals surface area contributed by atoms with Crippen LogP contribution in [0.5, 0.6) is 0 Å². The second-order valence-electron chi connectivity index (χ2n) is 7.95. The van der Waals surface area contributed by atoms with Gasteiger partial charge in [0.25, 0.3) is 5.69 Å². The lowest BCUT2D eigenvalue weighted by Crippen LogP contribution is -2.49. The van der Waals surface area contributed by atoms with Crippen LogP contribution in [0, 0.1) is 13.7 Å². The van der Waals surface area contributed by atoms with Crippen LogP contribution < -0.4 is 10.2 Å². The molecule has 3 rings (SSSR count). The maximum Gasteiger partial charge on any atom is 0.407 e. The minimum absolute atomic E-state index is 0.0582. The van der Waals surface area contributed by atoms with Crippen molar-refractivity contribution in [1.29, 1.82) is 0 Å². The Morgan fingerprint density at radius 2 is 2.18 bits per heavy atom. The van der Waals surface area contributed by atoms with Gasteiger partial charge in [0.1, 0.15) is 11.3 Å². The van der Waals surface area contributed by atoms with Crippen molar-refractivity contribution >= 4 is 51.0 Å². The number of carbonyl (C=O) groups is 1. The van der Waals surface area contributed by atoms with Crippen LogP contribution >= 0.6 is 22.6 Å². The summed E-state index contributed by atoms with van der Waals surface area (Å²) in [7, 11) is 1.82. The number of anilines is 1. The molecule has 28 heavy (non-hydrogen) atoms. The maximum atomic E-state index is 12.1. The second kappa shape index (κ2) is 7.72. The number of fused-ring (bicyclic) bond motifs is 1. The molecule has 152 valence electrons. The lowest BCUT2D eigenvalue weighted by Gasteiger charge is -2.35. The zero-order valence-electron chi connectivity index (χ0n) is 16.4. The molecule has 0 radical (unpaired) electrons. The fraction of sp³-hybridized carbons (Fsp3) is 0.556. The van der Waals surface area contributed by atoms with Gasteiger partial charge in [0.2, 0.25) is 0 Å². The third-order valence-electron chi connectivity index (χ3n) is 4.58. The van der Waals surface area contributed by atoms with Crippen LogP contribution in [0.4, 0.5) is 16.2 Å². The van der Waals surface area contributed by atoms with Crippen molar-refractivity contribution in [1.82, 2.24) is 15.1 Å². The average Bonchev–Trinajstić information content (AvgIpc) is 2.95. The Balaban J connectivity index is 1.91. The Morgan fingerprint density at radius 3 is 2.82 bits per heavy atom. The fourth-order valence-electron chi connectivity index (χ4n) is 3.53. The van der Waals surface area contributed by atoms with E-state index >= 15 is 0 Å². The lowest BCUT2D eigenvalue weighted by atomic mass is 10.0. The SMILES string of the molecule is Cn1ncc2c(N3CCCC(NC(=O)OC(C)(C)C)C3)c([N+](=O)[O-])cc(I)c21. The number of carbonyl (C=O) groups excluding carboxylic acids is 1. The summed E-state index contributed by atoms with van der Waals surface area (Å²) in [5.41, 5.74) is 0.908. The van der Waals surface area contributed by atoms with Crippen molar-refractivity contribution in [3.05, 3.63) is 25.9 Å². The van der Waals surface area contributed by atoms with E-state index in [-0.39, 0.29) is 16.7 Å². The predicted octanol–water partition coefficient (Wildman–Crippen LogP) is 3.58. The number of hydrogen-bond acceptors (Lipinski definition) is 6. The Kier molecular flexibility index (Phi) is 5.69. The van der Waals surface area contributed by atoms with Crippen LogP contribution in [0.3, 0.4) is 0 Å². The smallest absolute Gasteiger partial charge is 0.407 e. The molecule has 1 fully saturated rings. The summed E-state index contributed by atoms with van der Waals surface area (Å²) < 4.78 is 7.85. The summed E-state index contributed by atoms with van der Waals surface area (Å²) in [6.45, 7) is 6.60. The van der Waals surface area contributed by atoms with Crippen LogP contribution in [-0.2, 0) is 11.8 Å². The monoisotopic (exact) mass is 501 g/mol. The minimum atomic E-state index is -0.574. The number of ether oxygens (including phenoxy) is 1.